The number of ether oxygens (including phenoxy) is 1. The highest BCUT2D eigenvalue weighted by molar-refractivity contribution is 5.92. The van der Waals surface area contributed by atoms with E-state index in [0.717, 1.165) is 18.4 Å². The number of nitrogens with zero attached hydrogens (tertiary/aromatic N) is 2. The van der Waals surface area contributed by atoms with E-state index in [1.807, 2.05) is 52.8 Å². The Morgan fingerprint density at radius 1 is 1.09 bits per heavy atom. The number of hydrogen-bond donors (Lipinski definition) is 2. The van der Waals surface area contributed by atoms with Crippen LogP contribution in [-0.2, 0) is 14.3 Å². The van der Waals surface area contributed by atoms with Crippen LogP contribution >= 0.6 is 0 Å². The molecule has 4 atom stereocenters. The van der Waals surface area contributed by atoms with E-state index in [1.165, 1.54) is 4.90 Å². The zero-order chi connectivity index (χ0) is 26.8. The van der Waals surface area contributed by atoms with Crippen molar-refractivity contribution >= 4 is 17.9 Å². The van der Waals surface area contributed by atoms with Crippen LogP contribution < -0.4 is 10.6 Å². The number of nitrogens with one attached hydrogen (secondary N) is 2. The Labute approximate surface area is 210 Å². The van der Waals surface area contributed by atoms with Gasteiger partial charge in [-0.1, -0.05) is 63.4 Å². The Morgan fingerprint density at radius 3 is 2.17 bits per heavy atom. The molecule has 3 amide bonds. The van der Waals surface area contributed by atoms with Crippen LogP contribution in [0.25, 0.3) is 0 Å². The molecule has 0 aliphatic rings. The summed E-state index contributed by atoms with van der Waals surface area (Å²) in [6.45, 7) is 14.5. The summed E-state index contributed by atoms with van der Waals surface area (Å²) < 4.78 is 5.37. The number of rotatable bonds is 11. The molecule has 194 valence electrons. The summed E-state index contributed by atoms with van der Waals surface area (Å²) in [4.78, 5) is 41.1. The molecule has 1 rings (SSSR count). The smallest absolute Gasteiger partial charge is 0.408 e. The van der Waals surface area contributed by atoms with Crippen molar-refractivity contribution in [1.82, 2.24) is 15.5 Å². The van der Waals surface area contributed by atoms with Gasteiger partial charge in [0.25, 0.3) is 0 Å². The maximum Gasteiger partial charge on any atom is 0.408 e. The van der Waals surface area contributed by atoms with Gasteiger partial charge in [0, 0.05) is 6.04 Å². The SMILES string of the molecule is CCCC(C)NC(=O)C(c1ccc(C)cc1)N(CC#N)C(=O)C(NC(=O)OC(C)(C)C)C(C)CC. The first kappa shape index (κ1) is 30.0. The van der Waals surface area contributed by atoms with Gasteiger partial charge in [0.1, 0.15) is 24.2 Å². The molecule has 0 aromatic heterocycles. The summed E-state index contributed by atoms with van der Waals surface area (Å²) >= 11 is 0. The minimum absolute atomic E-state index is 0.0928. The van der Waals surface area contributed by atoms with E-state index in [1.54, 1.807) is 32.9 Å². The maximum absolute atomic E-state index is 13.9. The normalized spacial score (nSPS) is 14.6. The Balaban J connectivity index is 3.45. The van der Waals surface area contributed by atoms with Crippen LogP contribution in [0.1, 0.15) is 84.9 Å². The molecule has 0 aliphatic carbocycles. The van der Waals surface area contributed by atoms with Crippen LogP contribution in [0, 0.1) is 24.2 Å². The topological polar surface area (TPSA) is 112 Å². The lowest BCUT2D eigenvalue weighted by molar-refractivity contribution is -0.143. The predicted molar refractivity (Wildman–Crippen MR) is 136 cm³/mol. The first-order valence-electron chi connectivity index (χ1n) is 12.4. The molecule has 0 saturated carbocycles. The average Bonchev–Trinajstić information content (AvgIpc) is 2.76. The summed E-state index contributed by atoms with van der Waals surface area (Å²) in [7, 11) is 0. The quantitative estimate of drug-likeness (QED) is 0.443. The zero-order valence-electron chi connectivity index (χ0n) is 22.5. The van der Waals surface area contributed by atoms with Gasteiger partial charge in [-0.2, -0.15) is 5.26 Å². The van der Waals surface area contributed by atoms with Crippen molar-refractivity contribution in [2.75, 3.05) is 6.54 Å². The lowest BCUT2D eigenvalue weighted by Gasteiger charge is -2.35. The molecule has 0 saturated heterocycles. The molecule has 0 radical (unpaired) electrons. The van der Waals surface area contributed by atoms with Crippen LogP contribution in [-0.4, -0.2) is 47.0 Å². The number of benzene rings is 1. The average molecular weight is 487 g/mol. The third kappa shape index (κ3) is 9.59. The third-order valence-corrected chi connectivity index (χ3v) is 5.74. The van der Waals surface area contributed by atoms with E-state index < -0.39 is 29.7 Å². The van der Waals surface area contributed by atoms with Crippen LogP contribution in [0.4, 0.5) is 4.79 Å². The summed E-state index contributed by atoms with van der Waals surface area (Å²) in [5.74, 6) is -1.12. The Bertz CT molecular complexity index is 886. The zero-order valence-corrected chi connectivity index (χ0v) is 22.5. The van der Waals surface area contributed by atoms with E-state index >= 15 is 0 Å². The van der Waals surface area contributed by atoms with Crippen molar-refractivity contribution in [3.63, 3.8) is 0 Å². The number of carbonyl (C=O) groups is 3. The van der Waals surface area contributed by atoms with Crippen molar-refractivity contribution in [2.24, 2.45) is 5.92 Å². The van der Waals surface area contributed by atoms with Crippen LogP contribution in [0.3, 0.4) is 0 Å². The highest BCUT2D eigenvalue weighted by Crippen LogP contribution is 2.25. The fourth-order valence-corrected chi connectivity index (χ4v) is 3.72. The van der Waals surface area contributed by atoms with Crippen molar-refractivity contribution in [1.29, 1.82) is 5.26 Å². The Morgan fingerprint density at radius 2 is 1.69 bits per heavy atom. The van der Waals surface area contributed by atoms with Crippen molar-refractivity contribution in [2.45, 2.75) is 98.4 Å². The van der Waals surface area contributed by atoms with Crippen LogP contribution in [0.15, 0.2) is 24.3 Å². The van der Waals surface area contributed by atoms with Gasteiger partial charge >= 0.3 is 6.09 Å². The van der Waals surface area contributed by atoms with Gasteiger partial charge in [0.05, 0.1) is 6.07 Å². The summed E-state index contributed by atoms with van der Waals surface area (Å²) in [5.41, 5.74) is 0.870. The van der Waals surface area contributed by atoms with E-state index in [9.17, 15) is 19.6 Å². The summed E-state index contributed by atoms with van der Waals surface area (Å²) in [5, 5.41) is 15.3. The summed E-state index contributed by atoms with van der Waals surface area (Å²) in [6.07, 6.45) is 1.56. The Kier molecular flexibility index (Phi) is 11.7. The minimum atomic E-state index is -1.02. The number of hydrogen-bond acceptors (Lipinski definition) is 5. The lowest BCUT2D eigenvalue weighted by atomic mass is 9.95. The highest BCUT2D eigenvalue weighted by Gasteiger charge is 2.38. The maximum atomic E-state index is 13.9. The number of alkyl carbamates (subject to hydrolysis) is 1. The molecule has 0 aliphatic heterocycles. The van der Waals surface area contributed by atoms with Gasteiger partial charge in [0.15, 0.2) is 0 Å². The van der Waals surface area contributed by atoms with Gasteiger partial charge in [0.2, 0.25) is 11.8 Å². The summed E-state index contributed by atoms with van der Waals surface area (Å²) in [6, 6.07) is 7.27. The van der Waals surface area contributed by atoms with Crippen molar-refractivity contribution in [3.05, 3.63) is 35.4 Å². The highest BCUT2D eigenvalue weighted by atomic mass is 16.6. The van der Waals surface area contributed by atoms with E-state index in [4.69, 9.17) is 4.74 Å². The van der Waals surface area contributed by atoms with E-state index in [2.05, 4.69) is 10.6 Å². The fourth-order valence-electron chi connectivity index (χ4n) is 3.72. The Hall–Kier alpha value is -3.08. The molecule has 0 fully saturated rings. The molecular formula is C27H42N4O4. The van der Waals surface area contributed by atoms with Gasteiger partial charge in [-0.3, -0.25) is 9.59 Å². The van der Waals surface area contributed by atoms with Gasteiger partial charge in [-0.05, 0) is 52.5 Å². The molecule has 0 spiro atoms. The standard InChI is InChI=1S/C27H42N4O4/c1-9-11-20(5)29-24(32)23(21-14-12-18(3)13-15-21)31(17-16-28)25(33)22(19(4)10-2)30-26(34)35-27(6,7)8/h12-15,19-20,22-23H,9-11,17H2,1-8H3,(H,29,32)(H,30,34). The fraction of sp³-hybridized carbons (Fsp3) is 0.630. The first-order chi connectivity index (χ1) is 16.3. The second-order valence-corrected chi connectivity index (χ2v) is 10.1. The van der Waals surface area contributed by atoms with Crippen LogP contribution in [0.5, 0.6) is 0 Å². The molecular weight excluding hydrogens is 444 g/mol. The molecule has 1 aromatic rings. The number of aryl methyl sites for hydroxylation is 1. The van der Waals surface area contributed by atoms with Gasteiger partial charge in [-0.25, -0.2) is 4.79 Å². The molecule has 8 nitrogen and oxygen atoms in total. The monoisotopic (exact) mass is 486 g/mol. The molecule has 1 aromatic carbocycles. The molecule has 0 heterocycles. The van der Waals surface area contributed by atoms with E-state index in [-0.39, 0.29) is 24.4 Å². The number of nitriles is 1. The second kappa shape index (κ2) is 13.7. The second-order valence-electron chi connectivity index (χ2n) is 10.1. The third-order valence-electron chi connectivity index (χ3n) is 5.74. The molecule has 2 N–H and O–H groups in total. The van der Waals surface area contributed by atoms with Crippen molar-refractivity contribution in [3.8, 4) is 6.07 Å². The molecule has 4 unspecified atom stereocenters. The van der Waals surface area contributed by atoms with Gasteiger partial charge in [-0.15, -0.1) is 0 Å². The van der Waals surface area contributed by atoms with Crippen LogP contribution in [0.2, 0.25) is 0 Å². The predicted octanol–water partition coefficient (Wildman–Crippen LogP) is 4.63. The van der Waals surface area contributed by atoms with Gasteiger partial charge < -0.3 is 20.3 Å². The number of amides is 3. The molecule has 35 heavy (non-hydrogen) atoms. The van der Waals surface area contributed by atoms with E-state index in [0.29, 0.717) is 12.0 Å². The number of carbonyl (C=O) groups excluding carboxylic acids is 3. The lowest BCUT2D eigenvalue weighted by Crippen LogP contribution is -2.55. The molecule has 0 bridgehead atoms. The largest absolute Gasteiger partial charge is 0.444 e. The van der Waals surface area contributed by atoms with Crippen molar-refractivity contribution < 1.29 is 19.1 Å². The minimum Gasteiger partial charge on any atom is -0.444 e. The molecule has 8 heteroatoms. The first-order valence-corrected chi connectivity index (χ1v) is 12.4.